The summed E-state index contributed by atoms with van der Waals surface area (Å²) >= 11 is 7.52. The summed E-state index contributed by atoms with van der Waals surface area (Å²) in [4.78, 5) is 143. The van der Waals surface area contributed by atoms with Crippen LogP contribution in [0.2, 0.25) is 0 Å². The normalized spacial score (nSPS) is 15.1. The van der Waals surface area contributed by atoms with Crippen LogP contribution in [0.15, 0.2) is 78.1 Å². The van der Waals surface area contributed by atoms with Crippen LogP contribution in [-0.2, 0) is 23.9 Å². The number of fused-ring (bicyclic) bond motifs is 3. The Morgan fingerprint density at radius 2 is 0.743 bits per heavy atom. The van der Waals surface area contributed by atoms with Gasteiger partial charge in [-0.15, -0.1) is 0 Å². The second-order valence-corrected chi connectivity index (χ2v) is 29.2. The largest absolute Gasteiger partial charge is 0.481 e. The minimum atomic E-state index is -0.737. The van der Waals surface area contributed by atoms with Crippen LogP contribution in [0.4, 0.5) is 47.6 Å². The number of aliphatic carboxylic acids is 1. The molecule has 0 atom stereocenters. The highest BCUT2D eigenvalue weighted by molar-refractivity contribution is 9.10. The van der Waals surface area contributed by atoms with Crippen molar-refractivity contribution < 1.29 is 52.9 Å². The van der Waals surface area contributed by atoms with Gasteiger partial charge in [0.25, 0.3) is 0 Å². The highest BCUT2D eigenvalue weighted by Gasteiger charge is 2.44. The molecule has 0 aliphatic carbocycles. The smallest absolute Gasteiger partial charge is 0.321 e. The minimum Gasteiger partial charge on any atom is -0.481 e. The molecule has 3 fully saturated rings. The molecule has 105 heavy (non-hydrogen) atoms. The molecule has 3 aromatic carbocycles. The van der Waals surface area contributed by atoms with Gasteiger partial charge in [-0.25, -0.2) is 59.2 Å². The molecule has 3 saturated heterocycles. The minimum absolute atomic E-state index is 0.0919. The summed E-state index contributed by atoms with van der Waals surface area (Å²) < 4.78 is 13.9. The van der Waals surface area contributed by atoms with Crippen LogP contribution in [0.25, 0.3) is 64.0 Å². The van der Waals surface area contributed by atoms with Gasteiger partial charge in [0.05, 0.1) is 60.1 Å². The van der Waals surface area contributed by atoms with Crippen LogP contribution in [0.5, 0.6) is 0 Å². The summed E-state index contributed by atoms with van der Waals surface area (Å²) in [5, 5.41) is 27.1. The third-order valence-electron chi connectivity index (χ3n) is 19.2. The first kappa shape index (κ1) is 77.6. The van der Waals surface area contributed by atoms with Gasteiger partial charge in [0.15, 0.2) is 28.0 Å². The van der Waals surface area contributed by atoms with E-state index in [1.54, 1.807) is 36.9 Å². The van der Waals surface area contributed by atoms with Crippen LogP contribution in [0.1, 0.15) is 134 Å². The number of nitrogens with one attached hydrogen (secondary N) is 6. The zero-order chi connectivity index (χ0) is 75.0. The number of ether oxygens (including phenoxy) is 2. The van der Waals surface area contributed by atoms with Crippen molar-refractivity contribution in [3.63, 3.8) is 0 Å². The van der Waals surface area contributed by atoms with E-state index in [0.717, 1.165) is 86.3 Å². The number of amides is 6. The number of carboxylic acids is 1. The SMILES string of the molecule is CCNC(=O)Nc1nc2cc(-c3cnc(N4CCC(CC)(C(=O)O)CC4)nc3)cc(C=O)c2s1.CCNC(=O)Nc1nc2cc(-c3cnc(N4CCC(CC)(C(=O)OCC)CC4)nc3)cc(Br)c2s1.CCNC(=O)Nc1nc2cc(-c3cnc(N4CCC(CC)(C(=O)OCC)CC4)nc3)cc(C=O)c2s1. The Morgan fingerprint density at radius 3 is 1.03 bits per heavy atom. The second-order valence-electron chi connectivity index (χ2n) is 25.3. The molecule has 3 aliphatic heterocycles. The number of halogens is 1. The number of hydrogen-bond donors (Lipinski definition) is 7. The van der Waals surface area contributed by atoms with Crippen molar-refractivity contribution in [2.75, 3.05) is 103 Å². The summed E-state index contributed by atoms with van der Waals surface area (Å²) in [5.74, 6) is 0.869. The third-order valence-corrected chi connectivity index (χ3v) is 23.2. The molecule has 0 saturated carbocycles. The molecule has 554 valence electrons. The van der Waals surface area contributed by atoms with Crippen LogP contribution in [0, 0.1) is 16.2 Å². The Bertz CT molecular complexity index is 4590. The predicted molar refractivity (Wildman–Crippen MR) is 412 cm³/mol. The number of aldehydes is 2. The van der Waals surface area contributed by atoms with Crippen molar-refractivity contribution in [2.45, 2.75) is 113 Å². The lowest BCUT2D eigenvalue weighted by Crippen LogP contribution is -2.45. The fourth-order valence-corrected chi connectivity index (χ4v) is 16.2. The lowest BCUT2D eigenvalue weighted by Gasteiger charge is -2.39. The van der Waals surface area contributed by atoms with Crippen molar-refractivity contribution in [1.29, 1.82) is 0 Å². The number of rotatable bonds is 22. The number of urea groups is 3. The first-order valence-corrected chi connectivity index (χ1v) is 38.3. The van der Waals surface area contributed by atoms with Crippen molar-refractivity contribution in [1.82, 2.24) is 60.8 Å². The van der Waals surface area contributed by atoms with E-state index in [0.29, 0.717) is 169 Å². The van der Waals surface area contributed by atoms with Crippen LogP contribution in [-0.4, -0.2) is 171 Å². The molecule has 33 heteroatoms. The molecule has 29 nitrogen and oxygen atoms in total. The molecule has 7 N–H and O–H groups in total. The van der Waals surface area contributed by atoms with Gasteiger partial charge in [0.1, 0.15) is 0 Å². The number of aromatic nitrogens is 9. The Kier molecular flexibility index (Phi) is 26.0. The molecule has 12 rings (SSSR count). The topological polar surface area (TPSA) is 373 Å². The second kappa shape index (κ2) is 35.2. The number of hydrogen-bond acceptors (Lipinski definition) is 25. The Morgan fingerprint density at radius 1 is 0.448 bits per heavy atom. The average molecular weight is 1550 g/mol. The monoisotopic (exact) mass is 1550 g/mol. The van der Waals surface area contributed by atoms with E-state index < -0.39 is 22.2 Å². The summed E-state index contributed by atoms with van der Waals surface area (Å²) in [6.07, 6.45) is 18.1. The number of carbonyl (C=O) groups excluding carboxylic acids is 7. The average Bonchev–Trinajstić information content (AvgIpc) is 1.78. The highest BCUT2D eigenvalue weighted by atomic mass is 79.9. The molecular weight excluding hydrogens is 1470 g/mol. The van der Waals surface area contributed by atoms with Gasteiger partial charge in [-0.3, -0.25) is 39.9 Å². The molecule has 0 spiro atoms. The molecule has 9 heterocycles. The maximum Gasteiger partial charge on any atom is 0.321 e. The molecule has 6 amide bonds. The number of carbonyl (C=O) groups is 8. The highest BCUT2D eigenvalue weighted by Crippen LogP contribution is 2.42. The van der Waals surface area contributed by atoms with Crippen LogP contribution >= 0.6 is 49.9 Å². The lowest BCUT2D eigenvalue weighted by atomic mass is 9.76. The maximum atomic E-state index is 12.5. The Balaban J connectivity index is 0.000000169. The van der Waals surface area contributed by atoms with Gasteiger partial charge < -0.3 is 45.2 Å². The third kappa shape index (κ3) is 18.0. The Hall–Kier alpha value is -9.99. The van der Waals surface area contributed by atoms with Crippen LogP contribution in [0.3, 0.4) is 0 Å². The van der Waals surface area contributed by atoms with Gasteiger partial charge in [0.2, 0.25) is 17.8 Å². The summed E-state index contributed by atoms with van der Waals surface area (Å²) in [7, 11) is 0. The molecule has 3 aliphatic rings. The molecule has 0 bridgehead atoms. The van der Waals surface area contributed by atoms with Gasteiger partial charge in [0, 0.05) is 128 Å². The standard InChI is InChI=1S/C25H30N6O4S.C24H29BrN6O3S.C23H26N6O4S/c1-4-25(21(33)35-6-3)7-9-31(10-8-25)22-27-13-18(14-28-22)16-11-17(15-32)20-19(12-16)29-24(36-20)30-23(34)26-5-2;1-4-24(20(32)34-6-3)7-9-31(10-8-24)21-27-13-16(14-28-21)15-11-17(25)19-18(12-15)29-23(35-19)30-22(33)26-5-2;1-3-23(19(31)32)5-7-29(8-6-23)20-25-11-16(12-26-20)14-9-15(13-30)18-17(10-14)27-22(34-18)28-21(33)24-4-2/h11-15H,4-10H2,1-3H3,(H2,26,29,30,34);11-14H,4-10H2,1-3H3,(H2,26,29,30,33);9-13H,3-8H2,1-2H3,(H,31,32)(H2,24,27,28,33). The zero-order valence-corrected chi connectivity index (χ0v) is 63.8. The van der Waals surface area contributed by atoms with E-state index in [1.165, 1.54) is 34.0 Å². The first-order chi connectivity index (χ1) is 50.7. The first-order valence-electron chi connectivity index (χ1n) is 35.0. The van der Waals surface area contributed by atoms with Crippen molar-refractivity contribution in [3.05, 3.63) is 89.2 Å². The fourth-order valence-electron chi connectivity index (χ4n) is 12.8. The van der Waals surface area contributed by atoms with Gasteiger partial charge in [-0.2, -0.15) is 0 Å². The van der Waals surface area contributed by atoms with Crippen molar-refractivity contribution in [2.24, 2.45) is 16.2 Å². The number of anilines is 6. The molecule has 6 aromatic heterocycles. The number of nitrogens with zero attached hydrogens (tertiary/aromatic N) is 12. The molecule has 0 radical (unpaired) electrons. The maximum absolute atomic E-state index is 12.5. The molecular formula is C72H85BrN18O11S3. The van der Waals surface area contributed by atoms with Gasteiger partial charge >= 0.3 is 36.0 Å². The molecule has 9 aromatic rings. The predicted octanol–water partition coefficient (Wildman–Crippen LogP) is 13.3. The quantitative estimate of drug-likeness (QED) is 0.0245. The zero-order valence-electron chi connectivity index (χ0n) is 59.7. The summed E-state index contributed by atoms with van der Waals surface area (Å²) in [6.45, 7) is 21.5. The number of benzene rings is 3. The van der Waals surface area contributed by atoms with Crippen LogP contribution < -0.4 is 46.6 Å². The summed E-state index contributed by atoms with van der Waals surface area (Å²) in [5.41, 5.74) is 6.20. The van der Waals surface area contributed by atoms with E-state index in [-0.39, 0.29) is 30.0 Å². The van der Waals surface area contributed by atoms with Crippen molar-refractivity contribution >= 4 is 162 Å². The van der Waals surface area contributed by atoms with E-state index in [4.69, 9.17) is 9.47 Å². The van der Waals surface area contributed by atoms with Gasteiger partial charge in [-0.05, 0) is 161 Å². The van der Waals surface area contributed by atoms with Gasteiger partial charge in [-0.1, -0.05) is 54.8 Å². The van der Waals surface area contributed by atoms with E-state index >= 15 is 0 Å². The number of carboxylic acid groups (broad SMARTS) is 1. The van der Waals surface area contributed by atoms with E-state index in [1.807, 2.05) is 96.9 Å². The van der Waals surface area contributed by atoms with Crippen molar-refractivity contribution in [3.8, 4) is 33.4 Å². The lowest BCUT2D eigenvalue weighted by molar-refractivity contribution is -0.158. The van der Waals surface area contributed by atoms with E-state index in [9.17, 15) is 43.5 Å². The van der Waals surface area contributed by atoms with E-state index in [2.05, 4.69) is 102 Å². The molecule has 0 unspecified atom stereocenters. The summed E-state index contributed by atoms with van der Waals surface area (Å²) in [6, 6.07) is 10.2. The number of esters is 2. The number of thiazole rings is 3. The fraction of sp³-hybridized carbons (Fsp3) is 0.431. The Labute approximate surface area is 627 Å². The number of piperidine rings is 3.